The van der Waals surface area contributed by atoms with Gasteiger partial charge < -0.3 is 14.7 Å². The second kappa shape index (κ2) is 5.53. The Labute approximate surface area is 118 Å². The third-order valence-electron chi connectivity index (χ3n) is 3.47. The highest BCUT2D eigenvalue weighted by molar-refractivity contribution is 5.97. The van der Waals surface area contributed by atoms with Crippen LogP contribution in [0.4, 0.5) is 0 Å². The number of carboxylic acids is 1. The van der Waals surface area contributed by atoms with Gasteiger partial charge in [0.25, 0.3) is 5.91 Å². The lowest BCUT2D eigenvalue weighted by atomic mass is 10.0. The Balaban J connectivity index is 2.29. The number of ether oxygens (including phenoxy) is 1. The zero-order valence-corrected chi connectivity index (χ0v) is 12.0. The number of benzene rings is 1. The molecule has 1 aliphatic carbocycles. The number of carboxylic acid groups (broad SMARTS) is 1. The molecule has 5 nitrogen and oxygen atoms in total. The van der Waals surface area contributed by atoms with Gasteiger partial charge in [-0.3, -0.25) is 9.59 Å². The van der Waals surface area contributed by atoms with Crippen molar-refractivity contribution in [2.24, 2.45) is 0 Å². The smallest absolute Gasteiger partial charge is 0.323 e. The summed E-state index contributed by atoms with van der Waals surface area (Å²) in [7, 11) is 1.59. The van der Waals surface area contributed by atoms with E-state index in [9.17, 15) is 9.59 Å². The van der Waals surface area contributed by atoms with Gasteiger partial charge in [0.1, 0.15) is 12.3 Å². The van der Waals surface area contributed by atoms with Crippen LogP contribution in [0.1, 0.15) is 34.3 Å². The third-order valence-corrected chi connectivity index (χ3v) is 3.47. The van der Waals surface area contributed by atoms with Crippen LogP contribution in [-0.4, -0.2) is 41.6 Å². The molecule has 0 bridgehead atoms. The summed E-state index contributed by atoms with van der Waals surface area (Å²) in [6.45, 7) is 3.51. The summed E-state index contributed by atoms with van der Waals surface area (Å²) in [5.41, 5.74) is 2.28. The highest BCUT2D eigenvalue weighted by atomic mass is 16.5. The molecule has 1 saturated carbocycles. The molecule has 0 saturated heterocycles. The van der Waals surface area contributed by atoms with Crippen LogP contribution in [-0.2, 0) is 4.79 Å². The fourth-order valence-electron chi connectivity index (χ4n) is 2.46. The molecular formula is C15H19NO4. The van der Waals surface area contributed by atoms with Crippen molar-refractivity contribution in [2.75, 3.05) is 13.7 Å². The van der Waals surface area contributed by atoms with E-state index in [4.69, 9.17) is 9.84 Å². The predicted molar refractivity (Wildman–Crippen MR) is 74.2 cm³/mol. The van der Waals surface area contributed by atoms with Gasteiger partial charge in [0.2, 0.25) is 0 Å². The Morgan fingerprint density at radius 2 is 1.85 bits per heavy atom. The van der Waals surface area contributed by atoms with Gasteiger partial charge in [0.05, 0.1) is 7.11 Å². The first-order chi connectivity index (χ1) is 9.43. The van der Waals surface area contributed by atoms with Gasteiger partial charge in [-0.15, -0.1) is 0 Å². The van der Waals surface area contributed by atoms with E-state index in [-0.39, 0.29) is 18.5 Å². The number of aliphatic carboxylic acids is 1. The number of hydrogen-bond donors (Lipinski definition) is 1. The normalized spacial score (nSPS) is 13.9. The molecule has 0 heterocycles. The summed E-state index contributed by atoms with van der Waals surface area (Å²) >= 11 is 0. The van der Waals surface area contributed by atoms with Gasteiger partial charge in [0.15, 0.2) is 0 Å². The molecule has 20 heavy (non-hydrogen) atoms. The standard InChI is InChI=1S/C15H19NO4/c1-9-6-11(7-10(2)14(9)20-3)15(19)16(8-13(17)18)12-4-5-12/h6-7,12H,4-5,8H2,1-3H3,(H,17,18). The van der Waals surface area contributed by atoms with Crippen molar-refractivity contribution in [1.82, 2.24) is 4.90 Å². The Hall–Kier alpha value is -2.04. The third kappa shape index (κ3) is 2.92. The minimum absolute atomic E-state index is 0.0707. The minimum Gasteiger partial charge on any atom is -0.496 e. The maximum atomic E-state index is 12.5. The Bertz CT molecular complexity index is 526. The van der Waals surface area contributed by atoms with Crippen LogP contribution >= 0.6 is 0 Å². The van der Waals surface area contributed by atoms with Gasteiger partial charge in [-0.2, -0.15) is 0 Å². The average molecular weight is 277 g/mol. The van der Waals surface area contributed by atoms with Gasteiger partial charge in [-0.05, 0) is 49.9 Å². The number of hydrogen-bond acceptors (Lipinski definition) is 3. The molecule has 0 unspecified atom stereocenters. The fourth-order valence-corrected chi connectivity index (χ4v) is 2.46. The maximum Gasteiger partial charge on any atom is 0.323 e. The van der Waals surface area contributed by atoms with Crippen molar-refractivity contribution in [3.63, 3.8) is 0 Å². The summed E-state index contributed by atoms with van der Waals surface area (Å²) < 4.78 is 5.28. The van der Waals surface area contributed by atoms with Crippen LogP contribution in [0.2, 0.25) is 0 Å². The summed E-state index contributed by atoms with van der Waals surface area (Å²) in [5, 5.41) is 8.93. The second-order valence-electron chi connectivity index (χ2n) is 5.20. The lowest BCUT2D eigenvalue weighted by Crippen LogP contribution is -2.37. The number of amides is 1. The Morgan fingerprint density at radius 1 is 1.30 bits per heavy atom. The zero-order chi connectivity index (χ0) is 14.9. The molecular weight excluding hydrogens is 258 g/mol. The molecule has 0 radical (unpaired) electrons. The molecule has 1 N–H and O–H groups in total. The van der Waals surface area contributed by atoms with Gasteiger partial charge in [-0.25, -0.2) is 0 Å². The van der Waals surface area contributed by atoms with Crippen LogP contribution in [0, 0.1) is 13.8 Å². The van der Waals surface area contributed by atoms with Crippen molar-refractivity contribution >= 4 is 11.9 Å². The van der Waals surface area contributed by atoms with Crippen molar-refractivity contribution in [2.45, 2.75) is 32.7 Å². The van der Waals surface area contributed by atoms with Crippen molar-refractivity contribution in [3.05, 3.63) is 28.8 Å². The van der Waals surface area contributed by atoms with Crippen LogP contribution in [0.25, 0.3) is 0 Å². The van der Waals surface area contributed by atoms with Crippen molar-refractivity contribution in [1.29, 1.82) is 0 Å². The summed E-state index contributed by atoms with van der Waals surface area (Å²) in [6, 6.07) is 3.58. The van der Waals surface area contributed by atoms with Gasteiger partial charge >= 0.3 is 5.97 Å². The summed E-state index contributed by atoms with van der Waals surface area (Å²) in [5.74, 6) is -0.436. The van der Waals surface area contributed by atoms with Crippen LogP contribution in [0.15, 0.2) is 12.1 Å². The SMILES string of the molecule is COc1c(C)cc(C(=O)N(CC(=O)O)C2CC2)cc1C. The first-order valence-corrected chi connectivity index (χ1v) is 6.62. The van der Waals surface area contributed by atoms with E-state index in [1.165, 1.54) is 4.90 Å². The highest BCUT2D eigenvalue weighted by Crippen LogP contribution is 2.30. The van der Waals surface area contributed by atoms with E-state index in [0.717, 1.165) is 29.7 Å². The molecule has 1 aromatic carbocycles. The van der Waals surface area contributed by atoms with Crippen LogP contribution in [0.5, 0.6) is 5.75 Å². The number of rotatable bonds is 5. The van der Waals surface area contributed by atoms with E-state index in [0.29, 0.717) is 5.56 Å². The Morgan fingerprint density at radius 3 is 2.25 bits per heavy atom. The maximum absolute atomic E-state index is 12.5. The quantitative estimate of drug-likeness (QED) is 0.894. The first-order valence-electron chi connectivity index (χ1n) is 6.62. The summed E-state index contributed by atoms with van der Waals surface area (Å²) in [6.07, 6.45) is 1.76. The average Bonchev–Trinajstić information content (AvgIpc) is 3.18. The van der Waals surface area contributed by atoms with Crippen molar-refractivity contribution in [3.8, 4) is 5.75 Å². The monoisotopic (exact) mass is 277 g/mol. The predicted octanol–water partition coefficient (Wildman–Crippen LogP) is 2.00. The molecule has 0 aromatic heterocycles. The molecule has 1 fully saturated rings. The van der Waals surface area contributed by atoms with Gasteiger partial charge in [0, 0.05) is 11.6 Å². The number of nitrogens with zero attached hydrogens (tertiary/aromatic N) is 1. The highest BCUT2D eigenvalue weighted by Gasteiger charge is 2.34. The molecule has 2 rings (SSSR count). The lowest BCUT2D eigenvalue weighted by molar-refractivity contribution is -0.137. The summed E-state index contributed by atoms with van der Waals surface area (Å²) in [4.78, 5) is 24.8. The van der Waals surface area contributed by atoms with Crippen LogP contribution < -0.4 is 4.74 Å². The van der Waals surface area contributed by atoms with Gasteiger partial charge in [-0.1, -0.05) is 0 Å². The first kappa shape index (κ1) is 14.4. The molecule has 0 spiro atoms. The van der Waals surface area contributed by atoms with E-state index in [1.54, 1.807) is 19.2 Å². The molecule has 1 aliphatic rings. The molecule has 5 heteroatoms. The number of methoxy groups -OCH3 is 1. The molecule has 108 valence electrons. The lowest BCUT2D eigenvalue weighted by Gasteiger charge is -2.21. The second-order valence-corrected chi connectivity index (χ2v) is 5.20. The largest absolute Gasteiger partial charge is 0.496 e. The molecule has 0 aliphatic heterocycles. The molecule has 1 aromatic rings. The van der Waals surface area contributed by atoms with E-state index in [2.05, 4.69) is 0 Å². The minimum atomic E-state index is -0.979. The van der Waals surface area contributed by atoms with E-state index in [1.807, 2.05) is 13.8 Å². The number of carbonyl (C=O) groups is 2. The zero-order valence-electron chi connectivity index (χ0n) is 12.0. The fraction of sp³-hybridized carbons (Fsp3) is 0.467. The van der Waals surface area contributed by atoms with Crippen LogP contribution in [0.3, 0.4) is 0 Å². The molecule has 0 atom stereocenters. The molecule has 1 amide bonds. The number of aryl methyl sites for hydroxylation is 2. The van der Waals surface area contributed by atoms with Crippen molar-refractivity contribution < 1.29 is 19.4 Å². The Kier molecular flexibility index (Phi) is 3.97. The van der Waals surface area contributed by atoms with E-state index >= 15 is 0 Å². The number of carbonyl (C=O) groups excluding carboxylic acids is 1. The van der Waals surface area contributed by atoms with E-state index < -0.39 is 5.97 Å². The topological polar surface area (TPSA) is 66.8 Å².